The summed E-state index contributed by atoms with van der Waals surface area (Å²) in [6.07, 6.45) is 12.7. The zero-order chi connectivity index (χ0) is 20.6. The van der Waals surface area contributed by atoms with Gasteiger partial charge < -0.3 is 10.2 Å². The minimum Gasteiger partial charge on any atom is -0.363 e. The van der Waals surface area contributed by atoms with E-state index in [9.17, 15) is 0 Å². The largest absolute Gasteiger partial charge is 0.363 e. The van der Waals surface area contributed by atoms with Crippen LogP contribution in [0, 0.1) is 0 Å². The molecule has 0 spiro atoms. The molecule has 1 atom stereocenters. The molecule has 1 fully saturated rings. The lowest BCUT2D eigenvalue weighted by Gasteiger charge is -2.27. The van der Waals surface area contributed by atoms with Gasteiger partial charge in [0.05, 0.1) is 24.5 Å². The summed E-state index contributed by atoms with van der Waals surface area (Å²) in [6.45, 7) is 3.50. The SMILES string of the molecule is c1ccc2c(c1)CCC[C@H]2Nc1nc(C[NH+]2CCCCC2)nc2sc3c(c12)CCCC3. The predicted molar refractivity (Wildman–Crippen MR) is 128 cm³/mol. The van der Waals surface area contributed by atoms with Gasteiger partial charge in [-0.1, -0.05) is 24.3 Å². The van der Waals surface area contributed by atoms with Crippen molar-refractivity contribution >= 4 is 27.4 Å². The Morgan fingerprint density at radius 1 is 0.935 bits per heavy atom. The first-order valence-electron chi connectivity index (χ1n) is 12.3. The first-order valence-corrected chi connectivity index (χ1v) is 13.2. The van der Waals surface area contributed by atoms with E-state index in [2.05, 4.69) is 29.6 Å². The second-order valence-electron chi connectivity index (χ2n) is 9.65. The molecule has 0 saturated carbocycles. The summed E-state index contributed by atoms with van der Waals surface area (Å²) in [4.78, 5) is 14.8. The van der Waals surface area contributed by atoms with Gasteiger partial charge in [-0.2, -0.15) is 0 Å². The Kier molecular flexibility index (Phi) is 5.41. The van der Waals surface area contributed by atoms with E-state index in [0.717, 1.165) is 18.2 Å². The van der Waals surface area contributed by atoms with Gasteiger partial charge in [0, 0.05) is 4.88 Å². The van der Waals surface area contributed by atoms with Crippen LogP contribution in [-0.4, -0.2) is 23.1 Å². The molecule has 1 aliphatic heterocycles. The number of hydrogen-bond donors (Lipinski definition) is 2. The van der Waals surface area contributed by atoms with Crippen molar-refractivity contribution in [2.24, 2.45) is 0 Å². The third-order valence-electron chi connectivity index (χ3n) is 7.51. The molecule has 5 heteroatoms. The van der Waals surface area contributed by atoms with Crippen LogP contribution in [-0.2, 0) is 25.8 Å². The molecule has 4 nitrogen and oxygen atoms in total. The molecule has 3 aliphatic rings. The summed E-state index contributed by atoms with van der Waals surface area (Å²) in [5, 5.41) is 5.27. The highest BCUT2D eigenvalue weighted by Crippen LogP contribution is 2.40. The molecule has 6 rings (SSSR count). The zero-order valence-electron chi connectivity index (χ0n) is 18.4. The Bertz CT molecular complexity index is 1080. The number of benzene rings is 1. The second-order valence-corrected chi connectivity index (χ2v) is 10.7. The van der Waals surface area contributed by atoms with E-state index >= 15 is 0 Å². The minimum absolute atomic E-state index is 0.359. The number of thiophene rings is 1. The maximum Gasteiger partial charge on any atom is 0.187 e. The van der Waals surface area contributed by atoms with Gasteiger partial charge in [0.15, 0.2) is 5.82 Å². The van der Waals surface area contributed by atoms with E-state index in [1.54, 1.807) is 9.78 Å². The number of nitrogens with one attached hydrogen (secondary N) is 2. The fraction of sp³-hybridized carbons (Fsp3) is 0.538. The van der Waals surface area contributed by atoms with Gasteiger partial charge in [-0.3, -0.25) is 0 Å². The summed E-state index contributed by atoms with van der Waals surface area (Å²) in [5.41, 5.74) is 4.50. The molecule has 3 aromatic rings. The Morgan fingerprint density at radius 3 is 2.74 bits per heavy atom. The van der Waals surface area contributed by atoms with Crippen molar-refractivity contribution in [1.82, 2.24) is 9.97 Å². The molecule has 1 aromatic carbocycles. The molecule has 2 aliphatic carbocycles. The number of piperidine rings is 1. The predicted octanol–water partition coefficient (Wildman–Crippen LogP) is 4.63. The number of fused-ring (bicyclic) bond motifs is 4. The molecule has 0 radical (unpaired) electrons. The topological polar surface area (TPSA) is 42.2 Å². The lowest BCUT2D eigenvalue weighted by molar-refractivity contribution is -0.919. The van der Waals surface area contributed by atoms with E-state index in [1.807, 2.05) is 11.3 Å². The van der Waals surface area contributed by atoms with Gasteiger partial charge in [-0.05, 0) is 80.9 Å². The highest BCUT2D eigenvalue weighted by Gasteiger charge is 2.26. The molecule has 31 heavy (non-hydrogen) atoms. The third kappa shape index (κ3) is 3.87. The standard InChI is InChI=1S/C26H32N4S/c1-6-15-30(16-7-1)17-23-28-25(24-20-12-4-5-14-22(20)31-26(24)29-23)27-21-13-8-10-18-9-2-3-11-19(18)21/h2-3,9,11,21H,1,4-8,10,12-17H2,(H,27,28,29)/p+1/t21-/m1/s1. The summed E-state index contributed by atoms with van der Waals surface area (Å²) in [6, 6.07) is 9.34. The number of aromatic nitrogens is 2. The average Bonchev–Trinajstić information content (AvgIpc) is 3.19. The smallest absolute Gasteiger partial charge is 0.187 e. The lowest BCUT2D eigenvalue weighted by Crippen LogP contribution is -3.11. The second kappa shape index (κ2) is 8.51. The molecular formula is C26H33N4S+. The van der Waals surface area contributed by atoms with Crippen LogP contribution in [0.15, 0.2) is 24.3 Å². The van der Waals surface area contributed by atoms with Gasteiger partial charge in [0.25, 0.3) is 0 Å². The van der Waals surface area contributed by atoms with Crippen LogP contribution in [0.2, 0.25) is 0 Å². The van der Waals surface area contributed by atoms with Crippen LogP contribution in [0.1, 0.15) is 78.4 Å². The van der Waals surface area contributed by atoms with Gasteiger partial charge in [-0.25, -0.2) is 9.97 Å². The van der Waals surface area contributed by atoms with Crippen molar-refractivity contribution < 1.29 is 4.90 Å². The van der Waals surface area contributed by atoms with Crippen LogP contribution in [0.5, 0.6) is 0 Å². The molecule has 0 bridgehead atoms. The number of hydrogen-bond acceptors (Lipinski definition) is 4. The van der Waals surface area contributed by atoms with Crippen LogP contribution in [0.3, 0.4) is 0 Å². The maximum atomic E-state index is 5.21. The summed E-state index contributed by atoms with van der Waals surface area (Å²) >= 11 is 1.94. The lowest BCUT2D eigenvalue weighted by atomic mass is 9.87. The van der Waals surface area contributed by atoms with Gasteiger partial charge in [0.2, 0.25) is 0 Å². The van der Waals surface area contributed by atoms with E-state index < -0.39 is 0 Å². The van der Waals surface area contributed by atoms with Gasteiger partial charge in [0.1, 0.15) is 17.2 Å². The zero-order valence-corrected chi connectivity index (χ0v) is 19.2. The number of rotatable bonds is 4. The van der Waals surface area contributed by atoms with Crippen molar-refractivity contribution in [3.05, 3.63) is 51.7 Å². The van der Waals surface area contributed by atoms with E-state index in [-0.39, 0.29) is 0 Å². The van der Waals surface area contributed by atoms with Crippen molar-refractivity contribution in [3.8, 4) is 0 Å². The van der Waals surface area contributed by atoms with Crippen LogP contribution in [0.4, 0.5) is 5.82 Å². The maximum absolute atomic E-state index is 5.21. The Labute approximate surface area is 189 Å². The molecule has 2 N–H and O–H groups in total. The van der Waals surface area contributed by atoms with Crippen LogP contribution < -0.4 is 10.2 Å². The van der Waals surface area contributed by atoms with Gasteiger partial charge in [-0.15, -0.1) is 11.3 Å². The normalized spacial score (nSPS) is 21.6. The summed E-state index contributed by atoms with van der Waals surface area (Å²) in [7, 11) is 0. The monoisotopic (exact) mass is 433 g/mol. The molecule has 2 aromatic heterocycles. The Hall–Kier alpha value is -1.98. The minimum atomic E-state index is 0.359. The first-order chi connectivity index (χ1) is 15.3. The molecule has 162 valence electrons. The molecule has 0 unspecified atom stereocenters. The molecular weight excluding hydrogens is 400 g/mol. The molecule has 1 saturated heterocycles. The summed E-state index contributed by atoms with van der Waals surface area (Å²) < 4.78 is 0. The number of likely N-dealkylation sites (tertiary alicyclic amines) is 1. The highest BCUT2D eigenvalue weighted by atomic mass is 32.1. The van der Waals surface area contributed by atoms with Crippen molar-refractivity contribution in [3.63, 3.8) is 0 Å². The number of quaternary nitrogens is 1. The van der Waals surface area contributed by atoms with Crippen LogP contribution >= 0.6 is 11.3 Å². The fourth-order valence-electron chi connectivity index (χ4n) is 5.91. The highest BCUT2D eigenvalue weighted by molar-refractivity contribution is 7.19. The summed E-state index contributed by atoms with van der Waals surface area (Å²) in [5.74, 6) is 2.15. The van der Waals surface area contributed by atoms with E-state index in [0.29, 0.717) is 6.04 Å². The van der Waals surface area contributed by atoms with E-state index in [1.165, 1.54) is 104 Å². The molecule has 3 heterocycles. The van der Waals surface area contributed by atoms with E-state index in [4.69, 9.17) is 9.97 Å². The number of anilines is 1. The fourth-order valence-corrected chi connectivity index (χ4v) is 7.19. The number of aryl methyl sites for hydroxylation is 3. The molecule has 0 amide bonds. The Balaban J connectivity index is 1.40. The van der Waals surface area contributed by atoms with Crippen molar-refractivity contribution in [2.45, 2.75) is 76.8 Å². The third-order valence-corrected chi connectivity index (χ3v) is 8.70. The van der Waals surface area contributed by atoms with Crippen molar-refractivity contribution in [2.75, 3.05) is 18.4 Å². The number of nitrogens with zero attached hydrogens (tertiary/aromatic N) is 2. The Morgan fingerprint density at radius 2 is 1.81 bits per heavy atom. The van der Waals surface area contributed by atoms with Gasteiger partial charge >= 0.3 is 0 Å². The van der Waals surface area contributed by atoms with Crippen LogP contribution in [0.25, 0.3) is 10.2 Å². The quantitative estimate of drug-likeness (QED) is 0.630. The average molecular weight is 434 g/mol. The first kappa shape index (κ1) is 19.7. The van der Waals surface area contributed by atoms with Crippen molar-refractivity contribution in [1.29, 1.82) is 0 Å².